The fraction of sp³-hybridized carbons (Fsp3) is 0.286. The molecule has 3 rings (SSSR count). The highest BCUT2D eigenvalue weighted by Gasteiger charge is 2.31. The summed E-state index contributed by atoms with van der Waals surface area (Å²) in [6, 6.07) is 3.40. The maximum absolute atomic E-state index is 12.6. The minimum absolute atomic E-state index is 0.0552. The molecule has 0 amide bonds. The average Bonchev–Trinajstić information content (AvgIpc) is 3.13. The predicted molar refractivity (Wildman–Crippen MR) is 78.7 cm³/mol. The maximum atomic E-state index is 12.6. The Bertz CT molecular complexity index is 661. The zero-order valence-corrected chi connectivity index (χ0v) is 12.6. The minimum atomic E-state index is -0.0552. The SMILES string of the molecule is Cc1c(Cl)ccc(C(=O)c2cnsc2C2CC2)c1Cl. The van der Waals surface area contributed by atoms with Crippen molar-refractivity contribution >= 4 is 40.5 Å². The topological polar surface area (TPSA) is 30.0 Å². The van der Waals surface area contributed by atoms with E-state index in [9.17, 15) is 4.79 Å². The number of rotatable bonds is 3. The van der Waals surface area contributed by atoms with Crippen molar-refractivity contribution < 1.29 is 4.79 Å². The summed E-state index contributed by atoms with van der Waals surface area (Å²) >= 11 is 13.7. The Hall–Kier alpha value is -0.900. The lowest BCUT2D eigenvalue weighted by atomic mass is 10.0. The van der Waals surface area contributed by atoms with Crippen molar-refractivity contribution in [1.29, 1.82) is 0 Å². The minimum Gasteiger partial charge on any atom is -0.288 e. The third-order valence-corrected chi connectivity index (χ3v) is 5.21. The van der Waals surface area contributed by atoms with Crippen molar-refractivity contribution in [2.45, 2.75) is 25.7 Å². The number of hydrogen-bond acceptors (Lipinski definition) is 3. The molecule has 1 aliphatic carbocycles. The van der Waals surface area contributed by atoms with Crippen LogP contribution in [-0.2, 0) is 0 Å². The smallest absolute Gasteiger partial charge is 0.197 e. The van der Waals surface area contributed by atoms with Gasteiger partial charge in [-0.05, 0) is 54.9 Å². The normalized spacial score (nSPS) is 14.7. The molecule has 0 bridgehead atoms. The van der Waals surface area contributed by atoms with E-state index in [1.807, 2.05) is 6.92 Å². The maximum Gasteiger partial charge on any atom is 0.197 e. The third-order valence-electron chi connectivity index (χ3n) is 3.36. The Labute approximate surface area is 125 Å². The molecule has 1 saturated carbocycles. The van der Waals surface area contributed by atoms with Gasteiger partial charge >= 0.3 is 0 Å². The summed E-state index contributed by atoms with van der Waals surface area (Å²) in [6.07, 6.45) is 3.95. The second-order valence-electron chi connectivity index (χ2n) is 4.74. The largest absolute Gasteiger partial charge is 0.288 e. The van der Waals surface area contributed by atoms with Crippen molar-refractivity contribution in [2.75, 3.05) is 0 Å². The standard InChI is InChI=1S/C14H11Cl2NOS/c1-7-11(15)5-4-9(12(7)16)13(18)10-6-17-19-14(10)8-2-3-8/h4-6,8H,2-3H2,1H3. The van der Waals surface area contributed by atoms with Crippen LogP contribution in [0.3, 0.4) is 0 Å². The molecule has 0 spiro atoms. The second kappa shape index (κ2) is 4.89. The molecule has 0 aliphatic heterocycles. The molecule has 0 atom stereocenters. The Kier molecular flexibility index (Phi) is 3.37. The van der Waals surface area contributed by atoms with Gasteiger partial charge in [-0.1, -0.05) is 23.2 Å². The lowest BCUT2D eigenvalue weighted by Gasteiger charge is -2.07. The predicted octanol–water partition coefficient (Wildman–Crippen LogP) is 4.87. The molecule has 98 valence electrons. The Balaban J connectivity index is 2.04. The summed E-state index contributed by atoms with van der Waals surface area (Å²) in [6.45, 7) is 1.81. The highest BCUT2D eigenvalue weighted by molar-refractivity contribution is 7.06. The molecular weight excluding hydrogens is 301 g/mol. The van der Waals surface area contributed by atoms with Crippen molar-refractivity contribution in [3.8, 4) is 0 Å². The molecule has 0 unspecified atom stereocenters. The molecule has 19 heavy (non-hydrogen) atoms. The number of nitrogens with zero attached hydrogens (tertiary/aromatic N) is 1. The van der Waals surface area contributed by atoms with Gasteiger partial charge in [-0.25, -0.2) is 4.37 Å². The van der Waals surface area contributed by atoms with E-state index < -0.39 is 0 Å². The number of benzene rings is 1. The molecule has 1 heterocycles. The van der Waals surface area contributed by atoms with Gasteiger partial charge in [0, 0.05) is 15.5 Å². The van der Waals surface area contributed by atoms with E-state index in [1.165, 1.54) is 11.5 Å². The van der Waals surface area contributed by atoms with E-state index in [0.717, 1.165) is 23.3 Å². The van der Waals surface area contributed by atoms with Crippen LogP contribution >= 0.6 is 34.7 Å². The first-order valence-corrected chi connectivity index (χ1v) is 7.56. The van der Waals surface area contributed by atoms with Gasteiger partial charge in [0.25, 0.3) is 0 Å². The monoisotopic (exact) mass is 311 g/mol. The summed E-state index contributed by atoms with van der Waals surface area (Å²) in [7, 11) is 0. The highest BCUT2D eigenvalue weighted by atomic mass is 35.5. The first-order chi connectivity index (χ1) is 9.09. The molecule has 0 saturated heterocycles. The van der Waals surface area contributed by atoms with Gasteiger partial charge in [0.2, 0.25) is 0 Å². The molecule has 1 aromatic heterocycles. The number of aromatic nitrogens is 1. The van der Waals surface area contributed by atoms with Crippen molar-refractivity contribution in [3.63, 3.8) is 0 Å². The summed E-state index contributed by atoms with van der Waals surface area (Å²) in [5.41, 5.74) is 1.94. The van der Waals surface area contributed by atoms with E-state index in [-0.39, 0.29) is 5.78 Å². The van der Waals surface area contributed by atoms with E-state index >= 15 is 0 Å². The molecule has 0 N–H and O–H groups in total. The van der Waals surface area contributed by atoms with Crippen LogP contribution in [0, 0.1) is 6.92 Å². The molecule has 2 nitrogen and oxygen atoms in total. The lowest BCUT2D eigenvalue weighted by Crippen LogP contribution is -2.04. The number of carbonyl (C=O) groups is 1. The van der Waals surface area contributed by atoms with Crippen LogP contribution in [0.2, 0.25) is 10.0 Å². The summed E-state index contributed by atoms with van der Waals surface area (Å²) < 4.78 is 4.15. The summed E-state index contributed by atoms with van der Waals surface area (Å²) in [4.78, 5) is 13.7. The van der Waals surface area contributed by atoms with E-state index in [4.69, 9.17) is 23.2 Å². The summed E-state index contributed by atoms with van der Waals surface area (Å²) in [5.74, 6) is 0.457. The Morgan fingerprint density at radius 2 is 2.05 bits per heavy atom. The van der Waals surface area contributed by atoms with Crippen molar-refractivity contribution in [2.24, 2.45) is 0 Å². The molecule has 5 heteroatoms. The van der Waals surface area contributed by atoms with Crippen LogP contribution in [0.1, 0.15) is 45.1 Å². The van der Waals surface area contributed by atoms with Crippen LogP contribution in [0.25, 0.3) is 0 Å². The van der Waals surface area contributed by atoms with Crippen LogP contribution in [0.15, 0.2) is 18.3 Å². The first kappa shape index (κ1) is 13.1. The number of carbonyl (C=O) groups excluding carboxylic acids is 1. The van der Waals surface area contributed by atoms with Crippen molar-refractivity contribution in [1.82, 2.24) is 4.37 Å². The second-order valence-corrected chi connectivity index (χ2v) is 6.36. The number of hydrogen-bond donors (Lipinski definition) is 0. The van der Waals surface area contributed by atoms with E-state index in [2.05, 4.69) is 4.37 Å². The van der Waals surface area contributed by atoms with Crippen LogP contribution < -0.4 is 0 Å². The molecule has 1 aromatic carbocycles. The zero-order chi connectivity index (χ0) is 13.6. The van der Waals surface area contributed by atoms with Gasteiger partial charge < -0.3 is 0 Å². The average molecular weight is 312 g/mol. The number of halogens is 2. The van der Waals surface area contributed by atoms with E-state index in [0.29, 0.717) is 27.1 Å². The molecule has 0 radical (unpaired) electrons. The van der Waals surface area contributed by atoms with Gasteiger partial charge in [-0.2, -0.15) is 0 Å². The van der Waals surface area contributed by atoms with Gasteiger partial charge in [0.15, 0.2) is 5.78 Å². The molecular formula is C14H11Cl2NOS. The van der Waals surface area contributed by atoms with Crippen LogP contribution in [0.5, 0.6) is 0 Å². The molecule has 1 aliphatic rings. The van der Waals surface area contributed by atoms with Gasteiger partial charge in [0.1, 0.15) is 0 Å². The van der Waals surface area contributed by atoms with E-state index in [1.54, 1.807) is 18.3 Å². The zero-order valence-electron chi connectivity index (χ0n) is 10.2. The third kappa shape index (κ3) is 2.31. The fourth-order valence-corrected chi connectivity index (χ4v) is 3.40. The summed E-state index contributed by atoms with van der Waals surface area (Å²) in [5, 5.41) is 1.01. The Morgan fingerprint density at radius 3 is 2.74 bits per heavy atom. The number of ketones is 1. The quantitative estimate of drug-likeness (QED) is 0.757. The van der Waals surface area contributed by atoms with Crippen molar-refractivity contribution in [3.05, 3.63) is 49.9 Å². The van der Waals surface area contributed by atoms with Gasteiger partial charge in [-0.15, -0.1) is 0 Å². The van der Waals surface area contributed by atoms with Crippen LogP contribution in [-0.4, -0.2) is 10.2 Å². The van der Waals surface area contributed by atoms with Gasteiger partial charge in [0.05, 0.1) is 16.8 Å². The van der Waals surface area contributed by atoms with Gasteiger partial charge in [-0.3, -0.25) is 4.79 Å². The molecule has 2 aromatic rings. The van der Waals surface area contributed by atoms with Crippen LogP contribution in [0.4, 0.5) is 0 Å². The Morgan fingerprint density at radius 1 is 1.32 bits per heavy atom. The first-order valence-electron chi connectivity index (χ1n) is 6.03. The molecule has 1 fully saturated rings. The fourth-order valence-electron chi connectivity index (χ4n) is 2.04. The highest BCUT2D eigenvalue weighted by Crippen LogP contribution is 2.44. The lowest BCUT2D eigenvalue weighted by molar-refractivity contribution is 0.103.